The van der Waals surface area contributed by atoms with E-state index >= 15 is 0 Å². The van der Waals surface area contributed by atoms with Gasteiger partial charge in [-0.2, -0.15) is 0 Å². The van der Waals surface area contributed by atoms with Crippen LogP contribution in [0.15, 0.2) is 34.7 Å². The number of nitrogens with zero attached hydrogens (tertiary/aromatic N) is 1. The summed E-state index contributed by atoms with van der Waals surface area (Å²) >= 11 is 6.19. The van der Waals surface area contributed by atoms with Crippen LogP contribution in [0.4, 0.5) is 5.69 Å². The van der Waals surface area contributed by atoms with Gasteiger partial charge in [-0.15, -0.1) is 0 Å². The molecule has 0 saturated heterocycles. The summed E-state index contributed by atoms with van der Waals surface area (Å²) in [6.45, 7) is 7.28. The molecule has 1 aliphatic rings. The van der Waals surface area contributed by atoms with Crippen LogP contribution >= 0.6 is 11.6 Å². The quantitative estimate of drug-likeness (QED) is 0.732. The second-order valence-corrected chi connectivity index (χ2v) is 7.40. The molecule has 0 amide bonds. The van der Waals surface area contributed by atoms with Crippen LogP contribution in [0.25, 0.3) is 0 Å². The van der Waals surface area contributed by atoms with E-state index in [0.29, 0.717) is 12.5 Å². The minimum absolute atomic E-state index is 0.0293. The Hall–Kier alpha value is -1.94. The van der Waals surface area contributed by atoms with Gasteiger partial charge in [-0.05, 0) is 62.1 Å². The first-order valence-corrected chi connectivity index (χ1v) is 8.44. The first-order valence-electron chi connectivity index (χ1n) is 8.06. The van der Waals surface area contributed by atoms with E-state index in [4.69, 9.17) is 20.8 Å². The van der Waals surface area contributed by atoms with Crippen molar-refractivity contribution in [3.63, 3.8) is 0 Å². The maximum absolute atomic E-state index is 11.6. The molecular formula is C19H22ClNO3. The highest BCUT2D eigenvalue weighted by atomic mass is 35.5. The monoisotopic (exact) mass is 347 g/mol. The fourth-order valence-corrected chi connectivity index (χ4v) is 3.77. The van der Waals surface area contributed by atoms with Crippen molar-refractivity contribution in [3.05, 3.63) is 52.4 Å². The normalized spacial score (nSPS) is 19.0. The Balaban J connectivity index is 1.95. The van der Waals surface area contributed by atoms with E-state index in [2.05, 4.69) is 31.7 Å². The van der Waals surface area contributed by atoms with Crippen LogP contribution in [0.3, 0.4) is 0 Å². The van der Waals surface area contributed by atoms with Crippen LogP contribution in [-0.4, -0.2) is 18.6 Å². The van der Waals surface area contributed by atoms with Gasteiger partial charge < -0.3 is 14.1 Å². The summed E-state index contributed by atoms with van der Waals surface area (Å²) in [4.78, 5) is 13.9. The molecule has 0 radical (unpaired) electrons. The molecule has 0 unspecified atom stereocenters. The number of ether oxygens (including phenoxy) is 1. The maximum atomic E-state index is 11.6. The van der Waals surface area contributed by atoms with E-state index in [1.165, 1.54) is 18.4 Å². The Morgan fingerprint density at radius 1 is 1.38 bits per heavy atom. The van der Waals surface area contributed by atoms with E-state index in [1.54, 1.807) is 6.07 Å². The predicted molar refractivity (Wildman–Crippen MR) is 94.8 cm³/mol. The summed E-state index contributed by atoms with van der Waals surface area (Å²) in [7, 11) is 1.35. The summed E-state index contributed by atoms with van der Waals surface area (Å²) in [6.07, 6.45) is 1.02. The van der Waals surface area contributed by atoms with Crippen molar-refractivity contribution >= 4 is 23.3 Å². The van der Waals surface area contributed by atoms with Gasteiger partial charge in [0.15, 0.2) is 0 Å². The van der Waals surface area contributed by atoms with Gasteiger partial charge in [0.05, 0.1) is 13.7 Å². The van der Waals surface area contributed by atoms with Gasteiger partial charge in [0.2, 0.25) is 5.76 Å². The molecule has 0 fully saturated rings. The number of benzene rings is 1. The molecule has 24 heavy (non-hydrogen) atoms. The molecule has 0 N–H and O–H groups in total. The summed E-state index contributed by atoms with van der Waals surface area (Å²) in [5.74, 6) is 0.943. The smallest absolute Gasteiger partial charge is 0.373 e. The van der Waals surface area contributed by atoms with E-state index in [1.807, 2.05) is 18.2 Å². The Morgan fingerprint density at radius 3 is 2.83 bits per heavy atom. The number of rotatable bonds is 3. The molecule has 0 spiro atoms. The van der Waals surface area contributed by atoms with E-state index in [9.17, 15) is 4.79 Å². The van der Waals surface area contributed by atoms with Crippen LogP contribution in [0, 0.1) is 0 Å². The fourth-order valence-electron chi connectivity index (χ4n) is 3.59. The largest absolute Gasteiger partial charge is 0.463 e. The first kappa shape index (κ1) is 16.9. The topological polar surface area (TPSA) is 42.7 Å². The lowest BCUT2D eigenvalue weighted by molar-refractivity contribution is 0.0563. The summed E-state index contributed by atoms with van der Waals surface area (Å²) in [5, 5.41) is 0.756. The van der Waals surface area contributed by atoms with Crippen LogP contribution in [0.5, 0.6) is 0 Å². The van der Waals surface area contributed by atoms with Gasteiger partial charge in [-0.25, -0.2) is 4.79 Å². The zero-order valence-corrected chi connectivity index (χ0v) is 15.2. The van der Waals surface area contributed by atoms with Gasteiger partial charge in [0, 0.05) is 16.2 Å². The Morgan fingerprint density at radius 2 is 2.12 bits per heavy atom. The molecule has 4 nitrogen and oxygen atoms in total. The lowest BCUT2D eigenvalue weighted by Crippen LogP contribution is -2.47. The van der Waals surface area contributed by atoms with Crippen LogP contribution < -0.4 is 4.90 Å². The van der Waals surface area contributed by atoms with Crippen LogP contribution in [0.2, 0.25) is 5.02 Å². The number of esters is 1. The van der Waals surface area contributed by atoms with Gasteiger partial charge in [0.1, 0.15) is 5.76 Å². The van der Waals surface area contributed by atoms with Gasteiger partial charge in [0.25, 0.3) is 0 Å². The van der Waals surface area contributed by atoms with E-state index < -0.39 is 5.97 Å². The molecule has 5 heteroatoms. The van der Waals surface area contributed by atoms with Crippen LogP contribution in [0.1, 0.15) is 55.0 Å². The number of hydrogen-bond donors (Lipinski definition) is 0. The number of methoxy groups -OCH3 is 1. The molecule has 1 aromatic carbocycles. The zero-order chi connectivity index (χ0) is 17.5. The molecule has 2 heterocycles. The standard InChI is InChI=1S/C19H22ClNO3/c1-12-10-19(2,3)21(16-7-5-13(20)9-15(12)16)11-14-6-8-17(24-14)18(22)23-4/h5-9,12H,10-11H2,1-4H3/t12-/m1/s1. The number of carbonyl (C=O) groups excluding carboxylic acids is 1. The third-order valence-electron chi connectivity index (χ3n) is 4.71. The van der Waals surface area contributed by atoms with E-state index in [-0.39, 0.29) is 11.3 Å². The lowest BCUT2D eigenvalue weighted by atomic mass is 9.80. The highest BCUT2D eigenvalue weighted by Gasteiger charge is 2.36. The van der Waals surface area contributed by atoms with E-state index in [0.717, 1.165) is 17.2 Å². The number of fused-ring (bicyclic) bond motifs is 1. The number of furan rings is 1. The van der Waals surface area contributed by atoms with Crippen LogP contribution in [-0.2, 0) is 11.3 Å². The van der Waals surface area contributed by atoms with Crippen molar-refractivity contribution < 1.29 is 13.9 Å². The Labute approximate surface area is 147 Å². The summed E-state index contributed by atoms with van der Waals surface area (Å²) in [6, 6.07) is 9.52. The van der Waals surface area contributed by atoms with Crippen molar-refractivity contribution in [2.24, 2.45) is 0 Å². The minimum Gasteiger partial charge on any atom is -0.463 e. The molecule has 1 aromatic heterocycles. The molecule has 1 aliphatic heterocycles. The minimum atomic E-state index is -0.458. The highest BCUT2D eigenvalue weighted by molar-refractivity contribution is 6.30. The molecule has 0 saturated carbocycles. The average molecular weight is 348 g/mol. The predicted octanol–water partition coefficient (Wildman–Crippen LogP) is 5.01. The molecular weight excluding hydrogens is 326 g/mol. The van der Waals surface area contributed by atoms with Crippen molar-refractivity contribution in [2.45, 2.75) is 45.2 Å². The number of carbonyl (C=O) groups is 1. The molecule has 1 atom stereocenters. The first-order chi connectivity index (χ1) is 11.3. The third-order valence-corrected chi connectivity index (χ3v) is 4.94. The SMILES string of the molecule is COC(=O)c1ccc(CN2c3ccc(Cl)cc3[C@H](C)CC2(C)C)o1. The third kappa shape index (κ3) is 3.03. The van der Waals surface area contributed by atoms with Crippen molar-refractivity contribution in [1.82, 2.24) is 0 Å². The van der Waals surface area contributed by atoms with Crippen molar-refractivity contribution in [1.29, 1.82) is 0 Å². The fraction of sp³-hybridized carbons (Fsp3) is 0.421. The Bertz CT molecular complexity index is 766. The number of anilines is 1. The molecule has 128 valence electrons. The van der Waals surface area contributed by atoms with Crippen molar-refractivity contribution in [2.75, 3.05) is 12.0 Å². The van der Waals surface area contributed by atoms with Gasteiger partial charge >= 0.3 is 5.97 Å². The second-order valence-electron chi connectivity index (χ2n) is 6.96. The van der Waals surface area contributed by atoms with Crippen molar-refractivity contribution in [3.8, 4) is 0 Å². The highest BCUT2D eigenvalue weighted by Crippen LogP contribution is 2.44. The number of hydrogen-bond acceptors (Lipinski definition) is 4. The zero-order valence-electron chi connectivity index (χ0n) is 14.4. The summed E-state index contributed by atoms with van der Waals surface area (Å²) in [5.41, 5.74) is 2.39. The number of halogens is 1. The molecule has 3 rings (SSSR count). The maximum Gasteiger partial charge on any atom is 0.373 e. The second kappa shape index (κ2) is 6.17. The molecule has 2 aromatic rings. The molecule has 0 bridgehead atoms. The average Bonchev–Trinajstić information content (AvgIpc) is 2.99. The molecule has 0 aliphatic carbocycles. The van der Waals surface area contributed by atoms with Gasteiger partial charge in [-0.3, -0.25) is 0 Å². The van der Waals surface area contributed by atoms with Gasteiger partial charge in [-0.1, -0.05) is 18.5 Å². The lowest BCUT2D eigenvalue weighted by Gasteiger charge is -2.47. The Kier molecular flexibility index (Phi) is 4.35. The summed E-state index contributed by atoms with van der Waals surface area (Å²) < 4.78 is 10.4.